The summed E-state index contributed by atoms with van der Waals surface area (Å²) >= 11 is 1.46. The molecular weight excluding hydrogens is 244 g/mol. The number of hydrogen-bond acceptors (Lipinski definition) is 4. The molecule has 1 heterocycles. The molecule has 96 valence electrons. The summed E-state index contributed by atoms with van der Waals surface area (Å²) in [5.41, 5.74) is 8.93. The van der Waals surface area contributed by atoms with E-state index in [-0.39, 0.29) is 0 Å². The zero-order valence-electron chi connectivity index (χ0n) is 10.9. The predicted molar refractivity (Wildman–Crippen MR) is 76.1 cm³/mol. The third-order valence-corrected chi connectivity index (χ3v) is 3.71. The van der Waals surface area contributed by atoms with Gasteiger partial charge in [-0.1, -0.05) is 13.8 Å². The fraction of sp³-hybridized carbons (Fsp3) is 0.357. The Morgan fingerprint density at radius 3 is 2.67 bits per heavy atom. The lowest BCUT2D eigenvalue weighted by molar-refractivity contribution is 0.407. The number of ether oxygens (including phenoxy) is 1. The van der Waals surface area contributed by atoms with Crippen LogP contribution in [0.4, 0.5) is 0 Å². The molecule has 2 rings (SSSR count). The minimum absolute atomic E-state index is 0.424. The van der Waals surface area contributed by atoms with E-state index in [1.165, 1.54) is 17.1 Å². The number of methoxy groups -OCH3 is 1. The Hall–Kier alpha value is -1.39. The van der Waals surface area contributed by atoms with E-state index in [9.17, 15) is 0 Å². The van der Waals surface area contributed by atoms with Crippen LogP contribution in [0.1, 0.15) is 30.2 Å². The van der Waals surface area contributed by atoms with E-state index in [4.69, 9.17) is 10.5 Å². The van der Waals surface area contributed by atoms with Crippen molar-refractivity contribution in [2.75, 3.05) is 7.11 Å². The molecule has 0 amide bonds. The summed E-state index contributed by atoms with van der Waals surface area (Å²) in [7, 11) is 1.70. The van der Waals surface area contributed by atoms with Crippen molar-refractivity contribution in [2.24, 2.45) is 5.73 Å². The van der Waals surface area contributed by atoms with E-state index in [1.807, 2.05) is 12.1 Å². The van der Waals surface area contributed by atoms with Crippen molar-refractivity contribution in [3.05, 3.63) is 34.7 Å². The first kappa shape index (κ1) is 13.1. The maximum Gasteiger partial charge on any atom is 0.122 e. The van der Waals surface area contributed by atoms with E-state index in [1.54, 1.807) is 7.11 Å². The normalized spacial score (nSPS) is 10.9. The van der Waals surface area contributed by atoms with Crippen molar-refractivity contribution < 1.29 is 4.74 Å². The Bertz CT molecular complexity index is 534. The lowest BCUT2D eigenvalue weighted by Gasteiger charge is -2.12. The molecule has 0 spiro atoms. The molecule has 0 saturated carbocycles. The van der Waals surface area contributed by atoms with Crippen LogP contribution in [-0.2, 0) is 6.54 Å². The van der Waals surface area contributed by atoms with Crippen LogP contribution in [0.5, 0.6) is 5.75 Å². The quantitative estimate of drug-likeness (QED) is 0.918. The third kappa shape index (κ3) is 2.54. The zero-order valence-corrected chi connectivity index (χ0v) is 11.8. The van der Waals surface area contributed by atoms with Gasteiger partial charge < -0.3 is 10.5 Å². The molecule has 1 aromatic heterocycles. The summed E-state index contributed by atoms with van der Waals surface area (Å²) < 4.78 is 9.82. The summed E-state index contributed by atoms with van der Waals surface area (Å²) in [4.78, 5) is 1.10. The summed E-state index contributed by atoms with van der Waals surface area (Å²) in [5.74, 6) is 1.36. The fourth-order valence-corrected chi connectivity index (χ4v) is 2.50. The highest BCUT2D eigenvalue weighted by atomic mass is 32.1. The lowest BCUT2D eigenvalue weighted by Crippen LogP contribution is -1.95. The molecule has 0 aliphatic rings. The average molecular weight is 262 g/mol. The fourth-order valence-electron chi connectivity index (χ4n) is 1.89. The second-order valence-corrected chi connectivity index (χ2v) is 5.38. The molecule has 0 radical (unpaired) electrons. The summed E-state index contributed by atoms with van der Waals surface area (Å²) in [5, 5.41) is 0. The van der Waals surface area contributed by atoms with Crippen molar-refractivity contribution in [3.63, 3.8) is 0 Å². The molecule has 0 fully saturated rings. The van der Waals surface area contributed by atoms with E-state index >= 15 is 0 Å². The number of nitrogens with two attached hydrogens (primary N) is 1. The maximum atomic E-state index is 5.62. The largest absolute Gasteiger partial charge is 0.496 e. The second-order valence-electron chi connectivity index (χ2n) is 4.49. The monoisotopic (exact) mass is 262 g/mol. The van der Waals surface area contributed by atoms with E-state index < -0.39 is 0 Å². The first-order valence-corrected chi connectivity index (χ1v) is 6.77. The highest BCUT2D eigenvalue weighted by molar-refractivity contribution is 7.06. The molecule has 0 saturated heterocycles. The van der Waals surface area contributed by atoms with Gasteiger partial charge in [0, 0.05) is 17.0 Å². The molecule has 0 aliphatic carbocycles. The smallest absolute Gasteiger partial charge is 0.122 e. The van der Waals surface area contributed by atoms with Crippen LogP contribution < -0.4 is 10.5 Å². The van der Waals surface area contributed by atoms with Crippen molar-refractivity contribution in [1.29, 1.82) is 0 Å². The Morgan fingerprint density at radius 1 is 1.33 bits per heavy atom. The molecule has 1 aromatic carbocycles. The third-order valence-electron chi connectivity index (χ3n) is 2.91. The van der Waals surface area contributed by atoms with Crippen LogP contribution in [0.15, 0.2) is 24.3 Å². The van der Waals surface area contributed by atoms with Gasteiger partial charge in [-0.05, 0) is 47.3 Å². The first-order chi connectivity index (χ1) is 8.65. The van der Waals surface area contributed by atoms with Crippen LogP contribution in [0.3, 0.4) is 0 Å². The van der Waals surface area contributed by atoms with Gasteiger partial charge in [0.2, 0.25) is 0 Å². The van der Waals surface area contributed by atoms with Crippen molar-refractivity contribution >= 4 is 11.5 Å². The molecule has 2 N–H and O–H groups in total. The zero-order chi connectivity index (χ0) is 13.1. The van der Waals surface area contributed by atoms with Gasteiger partial charge in [-0.2, -0.15) is 4.37 Å². The van der Waals surface area contributed by atoms with Crippen LogP contribution in [0.25, 0.3) is 11.3 Å². The van der Waals surface area contributed by atoms with Crippen LogP contribution >= 0.6 is 11.5 Å². The summed E-state index contributed by atoms with van der Waals surface area (Å²) in [6.07, 6.45) is 0. The van der Waals surface area contributed by atoms with Crippen LogP contribution in [0, 0.1) is 0 Å². The highest BCUT2D eigenvalue weighted by Crippen LogP contribution is 2.31. The molecule has 18 heavy (non-hydrogen) atoms. The van der Waals surface area contributed by atoms with Gasteiger partial charge in [0.25, 0.3) is 0 Å². The molecule has 0 aliphatic heterocycles. The molecule has 2 aromatic rings. The Kier molecular flexibility index (Phi) is 3.99. The number of aromatic nitrogens is 1. The van der Waals surface area contributed by atoms with Crippen molar-refractivity contribution in [1.82, 2.24) is 4.37 Å². The van der Waals surface area contributed by atoms with Gasteiger partial charge in [-0.25, -0.2) is 0 Å². The standard InChI is InChI=1S/C14H18N2OS/c1-9(2)12-6-10(4-5-14(12)17-3)13-7-11(8-15)18-16-13/h4-7,9H,8,15H2,1-3H3. The maximum absolute atomic E-state index is 5.62. The first-order valence-electron chi connectivity index (χ1n) is 5.99. The minimum Gasteiger partial charge on any atom is -0.496 e. The van der Waals surface area contributed by atoms with Gasteiger partial charge >= 0.3 is 0 Å². The van der Waals surface area contributed by atoms with E-state index in [2.05, 4.69) is 30.4 Å². The van der Waals surface area contributed by atoms with Gasteiger partial charge in [-0.3, -0.25) is 0 Å². The Labute approximate surface area is 112 Å². The van der Waals surface area contributed by atoms with Crippen LogP contribution in [0.2, 0.25) is 0 Å². The predicted octanol–water partition coefficient (Wildman–Crippen LogP) is 3.40. The molecule has 0 unspecified atom stereocenters. The van der Waals surface area contributed by atoms with Gasteiger partial charge in [-0.15, -0.1) is 0 Å². The topological polar surface area (TPSA) is 48.1 Å². The number of rotatable bonds is 4. The number of nitrogens with zero attached hydrogens (tertiary/aromatic N) is 1. The number of benzene rings is 1. The van der Waals surface area contributed by atoms with E-state index in [0.717, 1.165) is 21.9 Å². The van der Waals surface area contributed by atoms with Gasteiger partial charge in [0.15, 0.2) is 0 Å². The Morgan fingerprint density at radius 2 is 2.11 bits per heavy atom. The molecule has 4 heteroatoms. The van der Waals surface area contributed by atoms with Crippen molar-refractivity contribution in [3.8, 4) is 17.0 Å². The summed E-state index contributed by atoms with van der Waals surface area (Å²) in [6.45, 7) is 4.87. The van der Waals surface area contributed by atoms with E-state index in [0.29, 0.717) is 12.5 Å². The molecular formula is C14H18N2OS. The average Bonchev–Trinajstić information content (AvgIpc) is 2.86. The molecule has 0 bridgehead atoms. The van der Waals surface area contributed by atoms with Gasteiger partial charge in [0.1, 0.15) is 5.75 Å². The SMILES string of the molecule is COc1ccc(-c2cc(CN)sn2)cc1C(C)C. The highest BCUT2D eigenvalue weighted by Gasteiger charge is 2.11. The lowest BCUT2D eigenvalue weighted by atomic mass is 9.98. The molecule has 3 nitrogen and oxygen atoms in total. The number of hydrogen-bond donors (Lipinski definition) is 1. The summed E-state index contributed by atoms with van der Waals surface area (Å²) in [6, 6.07) is 8.25. The second kappa shape index (κ2) is 5.50. The van der Waals surface area contributed by atoms with Crippen molar-refractivity contribution in [2.45, 2.75) is 26.3 Å². The minimum atomic E-state index is 0.424. The van der Waals surface area contributed by atoms with Gasteiger partial charge in [0.05, 0.1) is 12.8 Å². The van der Waals surface area contributed by atoms with Crippen LogP contribution in [-0.4, -0.2) is 11.5 Å². The Balaban J connectivity index is 2.42. The molecule has 0 atom stereocenters.